The van der Waals surface area contributed by atoms with Gasteiger partial charge in [-0.15, -0.1) is 0 Å². The summed E-state index contributed by atoms with van der Waals surface area (Å²) in [6.45, 7) is -0.371. The average molecular weight is 270 g/mol. The lowest BCUT2D eigenvalue weighted by Crippen LogP contribution is -2.04. The van der Waals surface area contributed by atoms with Crippen molar-refractivity contribution < 1.29 is 22.7 Å². The van der Waals surface area contributed by atoms with E-state index in [4.69, 9.17) is 5.11 Å². The monoisotopic (exact) mass is 270 g/mol. The highest BCUT2D eigenvalue weighted by molar-refractivity contribution is 5.65. The van der Waals surface area contributed by atoms with Crippen LogP contribution in [0.15, 0.2) is 42.5 Å². The van der Waals surface area contributed by atoms with Gasteiger partial charge in [-0.1, -0.05) is 12.1 Å². The predicted molar refractivity (Wildman–Crippen MR) is 62.8 cm³/mol. The number of aliphatic hydroxyl groups excluding tert-OH is 1. The Morgan fingerprint density at radius 3 is 2.32 bits per heavy atom. The molecule has 5 heteroatoms. The second-order valence-electron chi connectivity index (χ2n) is 4.08. The Morgan fingerprint density at radius 1 is 0.947 bits per heavy atom. The topological polar surface area (TPSA) is 20.2 Å². The van der Waals surface area contributed by atoms with Crippen molar-refractivity contribution in [1.82, 2.24) is 0 Å². The van der Waals surface area contributed by atoms with Crippen molar-refractivity contribution >= 4 is 0 Å². The van der Waals surface area contributed by atoms with Gasteiger partial charge in [0.2, 0.25) is 0 Å². The van der Waals surface area contributed by atoms with E-state index in [9.17, 15) is 17.6 Å². The molecule has 2 aromatic carbocycles. The molecule has 0 amide bonds. The zero-order valence-electron chi connectivity index (χ0n) is 9.71. The highest BCUT2D eigenvalue weighted by Gasteiger charge is 2.30. The van der Waals surface area contributed by atoms with Crippen molar-refractivity contribution in [1.29, 1.82) is 0 Å². The van der Waals surface area contributed by atoms with Crippen LogP contribution >= 0.6 is 0 Å². The lowest BCUT2D eigenvalue weighted by Gasteiger charge is -2.09. The molecule has 0 spiro atoms. The maximum Gasteiger partial charge on any atom is 0.416 e. The van der Waals surface area contributed by atoms with Gasteiger partial charge in [-0.2, -0.15) is 13.2 Å². The first-order valence-electron chi connectivity index (χ1n) is 5.48. The number of aliphatic hydroxyl groups is 1. The van der Waals surface area contributed by atoms with Gasteiger partial charge < -0.3 is 5.11 Å². The Kier molecular flexibility index (Phi) is 3.57. The fourth-order valence-corrected chi connectivity index (χ4v) is 1.78. The van der Waals surface area contributed by atoms with Gasteiger partial charge in [0.1, 0.15) is 5.82 Å². The van der Waals surface area contributed by atoms with E-state index in [-0.39, 0.29) is 12.2 Å². The number of alkyl halides is 3. The average Bonchev–Trinajstić information content (AvgIpc) is 2.37. The summed E-state index contributed by atoms with van der Waals surface area (Å²) in [4.78, 5) is 0. The summed E-state index contributed by atoms with van der Waals surface area (Å²) in [7, 11) is 0. The molecule has 0 atom stereocenters. The Labute approximate surface area is 107 Å². The van der Waals surface area contributed by atoms with Gasteiger partial charge in [0.15, 0.2) is 0 Å². The Bertz CT molecular complexity index is 590. The molecule has 0 aliphatic heterocycles. The molecule has 2 rings (SSSR count). The van der Waals surface area contributed by atoms with Crippen LogP contribution in [0.2, 0.25) is 0 Å². The fourth-order valence-electron chi connectivity index (χ4n) is 1.78. The van der Waals surface area contributed by atoms with Crippen LogP contribution < -0.4 is 0 Å². The van der Waals surface area contributed by atoms with Crippen LogP contribution in [0.3, 0.4) is 0 Å². The Balaban J connectivity index is 2.50. The summed E-state index contributed by atoms with van der Waals surface area (Å²) in [6, 6.07) is 8.36. The van der Waals surface area contributed by atoms with Crippen molar-refractivity contribution in [3.05, 3.63) is 59.4 Å². The van der Waals surface area contributed by atoms with Crippen molar-refractivity contribution in [3.8, 4) is 11.1 Å². The molecule has 1 N–H and O–H groups in total. The van der Waals surface area contributed by atoms with Crippen LogP contribution in [-0.4, -0.2) is 5.11 Å². The SMILES string of the molecule is OCc1cc(F)cc(-c2cccc(C(F)(F)F)c2)c1. The highest BCUT2D eigenvalue weighted by atomic mass is 19.4. The van der Waals surface area contributed by atoms with Crippen LogP contribution in [0.1, 0.15) is 11.1 Å². The van der Waals surface area contributed by atoms with Crippen LogP contribution in [0.4, 0.5) is 17.6 Å². The zero-order chi connectivity index (χ0) is 14.0. The Hall–Kier alpha value is -1.88. The molecule has 0 aliphatic rings. The van der Waals surface area contributed by atoms with Crippen molar-refractivity contribution in [2.75, 3.05) is 0 Å². The lowest BCUT2D eigenvalue weighted by atomic mass is 10.0. The zero-order valence-corrected chi connectivity index (χ0v) is 9.71. The number of hydrogen-bond acceptors (Lipinski definition) is 1. The van der Waals surface area contributed by atoms with E-state index in [0.29, 0.717) is 11.1 Å². The third-order valence-corrected chi connectivity index (χ3v) is 2.66. The quantitative estimate of drug-likeness (QED) is 0.818. The molecule has 0 saturated heterocycles. The summed E-state index contributed by atoms with van der Waals surface area (Å²) in [5, 5.41) is 8.97. The first kappa shape index (κ1) is 13.5. The second kappa shape index (κ2) is 5.01. The first-order valence-corrected chi connectivity index (χ1v) is 5.48. The standard InChI is InChI=1S/C14H10F4O/c15-13-5-9(8-19)4-11(7-13)10-2-1-3-12(6-10)14(16,17)18/h1-7,19H,8H2. The van der Waals surface area contributed by atoms with Gasteiger partial charge in [-0.3, -0.25) is 0 Å². The van der Waals surface area contributed by atoms with Crippen molar-refractivity contribution in [3.63, 3.8) is 0 Å². The lowest BCUT2D eigenvalue weighted by molar-refractivity contribution is -0.137. The number of benzene rings is 2. The molecule has 1 nitrogen and oxygen atoms in total. The number of rotatable bonds is 2. The summed E-state index contributed by atoms with van der Waals surface area (Å²) >= 11 is 0. The summed E-state index contributed by atoms with van der Waals surface area (Å²) < 4.78 is 51.1. The third kappa shape index (κ3) is 3.12. The third-order valence-electron chi connectivity index (χ3n) is 2.66. The largest absolute Gasteiger partial charge is 0.416 e. The summed E-state index contributed by atoms with van der Waals surface area (Å²) in [5.41, 5.74) is 0.0754. The van der Waals surface area contributed by atoms with E-state index in [1.165, 1.54) is 18.2 Å². The molecular formula is C14H10F4O. The molecule has 0 unspecified atom stereocenters. The van der Waals surface area contributed by atoms with Gasteiger partial charge in [0, 0.05) is 0 Å². The smallest absolute Gasteiger partial charge is 0.392 e. The van der Waals surface area contributed by atoms with Gasteiger partial charge in [0.05, 0.1) is 12.2 Å². The minimum Gasteiger partial charge on any atom is -0.392 e. The van der Waals surface area contributed by atoms with Gasteiger partial charge in [0.25, 0.3) is 0 Å². The summed E-state index contributed by atoms with van der Waals surface area (Å²) in [5.74, 6) is -0.598. The second-order valence-corrected chi connectivity index (χ2v) is 4.08. The van der Waals surface area contributed by atoms with E-state index < -0.39 is 17.6 Å². The van der Waals surface area contributed by atoms with Crippen LogP contribution in [0.25, 0.3) is 11.1 Å². The minimum absolute atomic E-state index is 0.254. The molecule has 0 fully saturated rings. The van der Waals surface area contributed by atoms with Gasteiger partial charge in [-0.05, 0) is 47.0 Å². The molecule has 0 aromatic heterocycles. The van der Waals surface area contributed by atoms with E-state index >= 15 is 0 Å². The molecule has 0 aliphatic carbocycles. The predicted octanol–water partition coefficient (Wildman–Crippen LogP) is 4.00. The van der Waals surface area contributed by atoms with E-state index in [1.807, 2.05) is 0 Å². The number of halogens is 4. The highest BCUT2D eigenvalue weighted by Crippen LogP contribution is 2.32. The maximum absolute atomic E-state index is 13.3. The normalized spacial score (nSPS) is 11.6. The van der Waals surface area contributed by atoms with Crippen molar-refractivity contribution in [2.24, 2.45) is 0 Å². The van der Waals surface area contributed by atoms with Crippen molar-refractivity contribution in [2.45, 2.75) is 12.8 Å². The number of hydrogen-bond donors (Lipinski definition) is 1. The Morgan fingerprint density at radius 2 is 1.68 bits per heavy atom. The van der Waals surface area contributed by atoms with Crippen LogP contribution in [0.5, 0.6) is 0 Å². The van der Waals surface area contributed by atoms with Crippen LogP contribution in [-0.2, 0) is 12.8 Å². The minimum atomic E-state index is -4.44. The molecule has 0 saturated carbocycles. The first-order chi connectivity index (χ1) is 8.90. The molecule has 100 valence electrons. The molecule has 0 heterocycles. The molecule has 19 heavy (non-hydrogen) atoms. The van der Waals surface area contributed by atoms with E-state index in [0.717, 1.165) is 24.3 Å². The van der Waals surface area contributed by atoms with E-state index in [1.54, 1.807) is 0 Å². The van der Waals surface area contributed by atoms with Gasteiger partial charge >= 0.3 is 6.18 Å². The molecular weight excluding hydrogens is 260 g/mol. The molecule has 0 bridgehead atoms. The molecule has 0 radical (unpaired) electrons. The summed E-state index contributed by atoms with van der Waals surface area (Å²) in [6.07, 6.45) is -4.44. The maximum atomic E-state index is 13.3. The fraction of sp³-hybridized carbons (Fsp3) is 0.143. The molecule has 2 aromatic rings. The van der Waals surface area contributed by atoms with E-state index in [2.05, 4.69) is 0 Å². The van der Waals surface area contributed by atoms with Crippen LogP contribution in [0, 0.1) is 5.82 Å². The van der Waals surface area contributed by atoms with Gasteiger partial charge in [-0.25, -0.2) is 4.39 Å².